The van der Waals surface area contributed by atoms with Gasteiger partial charge in [-0.1, -0.05) is 11.6 Å². The molecule has 10 heteroatoms. The molecule has 0 spiro atoms. The first-order valence-corrected chi connectivity index (χ1v) is 10.6. The van der Waals surface area contributed by atoms with Crippen LogP contribution in [0.4, 0.5) is 21.9 Å². The van der Waals surface area contributed by atoms with Gasteiger partial charge in [0, 0.05) is 41.6 Å². The van der Waals surface area contributed by atoms with Crippen LogP contribution in [-0.4, -0.2) is 66.3 Å². The molecule has 0 bridgehead atoms. The van der Waals surface area contributed by atoms with Gasteiger partial charge in [-0.3, -0.25) is 9.59 Å². The van der Waals surface area contributed by atoms with Gasteiger partial charge in [0.05, 0.1) is 12.7 Å². The van der Waals surface area contributed by atoms with E-state index in [1.165, 1.54) is 4.90 Å². The minimum atomic E-state index is -0.821. The van der Waals surface area contributed by atoms with Gasteiger partial charge in [-0.2, -0.15) is 0 Å². The van der Waals surface area contributed by atoms with Crippen molar-refractivity contribution in [1.82, 2.24) is 4.90 Å². The maximum atomic E-state index is 12.9. The molecule has 2 fully saturated rings. The number of likely N-dealkylation sites (tertiary alicyclic amines) is 1. The fourth-order valence-electron chi connectivity index (χ4n) is 3.76. The molecule has 2 saturated heterocycles. The van der Waals surface area contributed by atoms with Crippen molar-refractivity contribution in [3.8, 4) is 0 Å². The van der Waals surface area contributed by atoms with Gasteiger partial charge in [0.2, 0.25) is 5.91 Å². The van der Waals surface area contributed by atoms with E-state index in [0.29, 0.717) is 29.5 Å². The Kier molecular flexibility index (Phi) is 6.59. The molecule has 2 aliphatic rings. The Bertz CT molecular complexity index is 998. The summed E-state index contributed by atoms with van der Waals surface area (Å²) in [5, 5.41) is 16.1. The quantitative estimate of drug-likeness (QED) is 0.651. The number of carbonyl (C=O) groups excluding carboxylic acids is 3. The Labute approximate surface area is 189 Å². The summed E-state index contributed by atoms with van der Waals surface area (Å²) in [6, 6.07) is 12.2. The van der Waals surface area contributed by atoms with Crippen LogP contribution in [0.3, 0.4) is 0 Å². The minimum Gasteiger partial charge on any atom is -0.391 e. The normalized spacial score (nSPS) is 20.9. The van der Waals surface area contributed by atoms with Crippen LogP contribution in [-0.2, 0) is 14.3 Å². The van der Waals surface area contributed by atoms with Crippen molar-refractivity contribution in [3.63, 3.8) is 0 Å². The van der Waals surface area contributed by atoms with Crippen molar-refractivity contribution in [1.29, 1.82) is 0 Å². The molecule has 4 amide bonds. The number of aliphatic hydroxyl groups excluding tert-OH is 1. The number of hydrogen-bond donors (Lipinski definition) is 3. The largest absolute Gasteiger partial charge is 0.391 e. The molecule has 3 N–H and O–H groups in total. The van der Waals surface area contributed by atoms with Crippen molar-refractivity contribution >= 4 is 46.5 Å². The molecule has 2 aromatic rings. The monoisotopic (exact) mass is 458 g/mol. The Hall–Kier alpha value is -3.14. The molecule has 0 radical (unpaired) electrons. The Morgan fingerprint density at radius 1 is 1.03 bits per heavy atom. The summed E-state index contributed by atoms with van der Waals surface area (Å²) in [4.78, 5) is 40.5. The highest BCUT2D eigenvalue weighted by molar-refractivity contribution is 6.30. The number of hydrogen-bond acceptors (Lipinski definition) is 5. The molecule has 2 unspecified atom stereocenters. The third-order valence-corrected chi connectivity index (χ3v) is 5.62. The van der Waals surface area contributed by atoms with Crippen LogP contribution in [0, 0.1) is 0 Å². The van der Waals surface area contributed by atoms with Gasteiger partial charge in [0.15, 0.2) is 0 Å². The average molecular weight is 459 g/mol. The number of nitrogens with zero attached hydrogens (tertiary/aromatic N) is 2. The number of nitrogens with one attached hydrogen (secondary N) is 2. The number of anilines is 3. The lowest BCUT2D eigenvalue weighted by molar-refractivity contribution is -0.125. The number of morpholine rings is 1. The van der Waals surface area contributed by atoms with E-state index in [9.17, 15) is 19.5 Å². The molecule has 4 rings (SSSR count). The lowest BCUT2D eigenvalue weighted by Crippen LogP contribution is -2.45. The van der Waals surface area contributed by atoms with Crippen LogP contribution in [0.25, 0.3) is 0 Å². The SMILES string of the molecule is O=C(Nc1ccc(N2CCOCC2=O)cc1)C1CC(O)CN1C(=O)Nc1ccc(Cl)cc1. The van der Waals surface area contributed by atoms with Crippen molar-refractivity contribution in [2.24, 2.45) is 0 Å². The molecular weight excluding hydrogens is 436 g/mol. The van der Waals surface area contributed by atoms with Crippen molar-refractivity contribution in [3.05, 3.63) is 53.6 Å². The first-order valence-electron chi connectivity index (χ1n) is 10.2. The smallest absolute Gasteiger partial charge is 0.322 e. The highest BCUT2D eigenvalue weighted by Crippen LogP contribution is 2.24. The summed E-state index contributed by atoms with van der Waals surface area (Å²) >= 11 is 5.86. The molecule has 0 aromatic heterocycles. The predicted molar refractivity (Wildman–Crippen MR) is 120 cm³/mol. The van der Waals surface area contributed by atoms with Crippen LogP contribution < -0.4 is 15.5 Å². The van der Waals surface area contributed by atoms with Gasteiger partial charge < -0.3 is 30.3 Å². The second-order valence-electron chi connectivity index (χ2n) is 7.63. The highest BCUT2D eigenvalue weighted by atomic mass is 35.5. The second-order valence-corrected chi connectivity index (χ2v) is 8.07. The summed E-state index contributed by atoms with van der Waals surface area (Å²) < 4.78 is 5.14. The minimum absolute atomic E-state index is 0.0512. The molecule has 2 aromatic carbocycles. The fourth-order valence-corrected chi connectivity index (χ4v) is 3.88. The van der Waals surface area contributed by atoms with Gasteiger partial charge in [-0.15, -0.1) is 0 Å². The molecule has 168 valence electrons. The first kappa shape index (κ1) is 22.1. The number of rotatable bonds is 4. The van der Waals surface area contributed by atoms with Crippen LogP contribution in [0.5, 0.6) is 0 Å². The summed E-state index contributed by atoms with van der Waals surface area (Å²) in [6.07, 6.45) is -0.656. The van der Waals surface area contributed by atoms with Crippen LogP contribution in [0.15, 0.2) is 48.5 Å². The third-order valence-electron chi connectivity index (χ3n) is 5.37. The number of aliphatic hydroxyl groups is 1. The van der Waals surface area contributed by atoms with Gasteiger partial charge >= 0.3 is 6.03 Å². The van der Waals surface area contributed by atoms with E-state index in [2.05, 4.69) is 10.6 Å². The number of benzene rings is 2. The van der Waals surface area contributed by atoms with Crippen LogP contribution in [0.1, 0.15) is 6.42 Å². The van der Waals surface area contributed by atoms with Gasteiger partial charge in [0.25, 0.3) is 5.91 Å². The number of carbonyl (C=O) groups is 3. The van der Waals surface area contributed by atoms with E-state index < -0.39 is 24.1 Å². The zero-order valence-corrected chi connectivity index (χ0v) is 17.9. The molecule has 2 heterocycles. The molecule has 0 aliphatic carbocycles. The number of β-amino-alcohol motifs (C(OH)–C–C–N with tert-alkyl or cyclic N) is 1. The van der Waals surface area contributed by atoms with E-state index in [1.54, 1.807) is 53.4 Å². The maximum absolute atomic E-state index is 12.9. The zero-order chi connectivity index (χ0) is 22.7. The Morgan fingerprint density at radius 3 is 2.38 bits per heavy atom. The standard InChI is InChI=1S/C22H23ClN4O5/c23-14-1-3-16(4-2-14)25-22(31)27-12-18(28)11-19(27)21(30)24-15-5-7-17(8-6-15)26-9-10-32-13-20(26)29/h1-8,18-19,28H,9-13H2,(H,24,30)(H,25,31). The summed E-state index contributed by atoms with van der Waals surface area (Å²) in [7, 11) is 0. The molecule has 32 heavy (non-hydrogen) atoms. The van der Waals surface area contributed by atoms with E-state index in [1.807, 2.05) is 0 Å². The van der Waals surface area contributed by atoms with Gasteiger partial charge in [-0.05, 0) is 48.5 Å². The Morgan fingerprint density at radius 2 is 1.69 bits per heavy atom. The van der Waals surface area contributed by atoms with Gasteiger partial charge in [-0.25, -0.2) is 4.79 Å². The topological polar surface area (TPSA) is 111 Å². The van der Waals surface area contributed by atoms with E-state index in [0.717, 1.165) is 5.69 Å². The second kappa shape index (κ2) is 9.56. The van der Waals surface area contributed by atoms with Crippen LogP contribution in [0.2, 0.25) is 5.02 Å². The maximum Gasteiger partial charge on any atom is 0.322 e. The van der Waals surface area contributed by atoms with Crippen molar-refractivity contribution < 1.29 is 24.2 Å². The third kappa shape index (κ3) is 5.01. The average Bonchev–Trinajstić information content (AvgIpc) is 3.18. The molecule has 9 nitrogen and oxygen atoms in total. The van der Waals surface area contributed by atoms with E-state index >= 15 is 0 Å². The number of halogens is 1. The molecule has 0 saturated carbocycles. The summed E-state index contributed by atoms with van der Waals surface area (Å²) in [5.74, 6) is -0.515. The van der Waals surface area contributed by atoms with E-state index in [-0.39, 0.29) is 25.5 Å². The highest BCUT2D eigenvalue weighted by Gasteiger charge is 2.39. The van der Waals surface area contributed by atoms with E-state index in [4.69, 9.17) is 16.3 Å². The fraction of sp³-hybridized carbons (Fsp3) is 0.318. The lowest BCUT2D eigenvalue weighted by Gasteiger charge is -2.27. The lowest BCUT2D eigenvalue weighted by atomic mass is 10.1. The summed E-state index contributed by atoms with van der Waals surface area (Å²) in [5.41, 5.74) is 1.78. The molecule has 2 atom stereocenters. The molecule has 2 aliphatic heterocycles. The summed E-state index contributed by atoms with van der Waals surface area (Å²) in [6.45, 7) is 1.05. The number of amides is 4. The van der Waals surface area contributed by atoms with Gasteiger partial charge in [0.1, 0.15) is 12.6 Å². The number of ether oxygens (including phenoxy) is 1. The predicted octanol–water partition coefficient (Wildman–Crippen LogP) is 2.31. The zero-order valence-electron chi connectivity index (χ0n) is 17.2. The van der Waals surface area contributed by atoms with Crippen molar-refractivity contribution in [2.45, 2.75) is 18.6 Å². The Balaban J connectivity index is 1.40. The number of urea groups is 1. The van der Waals surface area contributed by atoms with Crippen LogP contribution >= 0.6 is 11.6 Å². The van der Waals surface area contributed by atoms with Crippen molar-refractivity contribution in [2.75, 3.05) is 41.8 Å². The molecular formula is C22H23ClN4O5. The first-order chi connectivity index (χ1) is 15.4.